The van der Waals surface area contributed by atoms with E-state index < -0.39 is 23.8 Å². The van der Waals surface area contributed by atoms with Gasteiger partial charge in [-0.15, -0.1) is 0 Å². The molecule has 0 fully saturated rings. The number of ketones is 2. The molecule has 0 saturated heterocycles. The summed E-state index contributed by atoms with van der Waals surface area (Å²) in [6, 6.07) is 10.6. The summed E-state index contributed by atoms with van der Waals surface area (Å²) in [6.07, 6.45) is 2.72. The summed E-state index contributed by atoms with van der Waals surface area (Å²) in [5.74, 6) is -1.87. The normalized spacial score (nSPS) is 12.2. The molecule has 29 heavy (non-hydrogen) atoms. The first kappa shape index (κ1) is 21.7. The number of Topliss-reactive ketones (excluding diaryl/α,β-unsaturated/α-hetero) is 2. The molecule has 2 aromatic carbocycles. The van der Waals surface area contributed by atoms with E-state index in [1.54, 1.807) is 0 Å². The molecule has 0 unspecified atom stereocenters. The van der Waals surface area contributed by atoms with E-state index in [1.807, 2.05) is 0 Å². The third-order valence-corrected chi connectivity index (χ3v) is 3.91. The minimum Gasteiger partial charge on any atom is -0.394 e. The van der Waals surface area contributed by atoms with E-state index in [2.05, 4.69) is 9.98 Å². The first-order valence-corrected chi connectivity index (χ1v) is 8.32. The van der Waals surface area contributed by atoms with E-state index in [0.717, 1.165) is 0 Å². The van der Waals surface area contributed by atoms with Crippen LogP contribution in [0.4, 0.5) is 11.4 Å². The molecule has 0 aliphatic rings. The molecule has 0 heterocycles. The van der Waals surface area contributed by atoms with E-state index >= 15 is 0 Å². The summed E-state index contributed by atoms with van der Waals surface area (Å²) in [7, 11) is 0. The number of hydrogen-bond acceptors (Lipinski definition) is 9. The molecule has 0 aliphatic carbocycles. The molecule has 2 rings (SSSR count). The lowest BCUT2D eigenvalue weighted by Crippen LogP contribution is -2.51. The summed E-state index contributed by atoms with van der Waals surface area (Å²) in [4.78, 5) is 53.3. The summed E-state index contributed by atoms with van der Waals surface area (Å²) < 4.78 is 5.08. The van der Waals surface area contributed by atoms with Crippen molar-refractivity contribution in [3.05, 3.63) is 59.7 Å². The van der Waals surface area contributed by atoms with Crippen molar-refractivity contribution in [1.82, 2.24) is 0 Å². The van der Waals surface area contributed by atoms with Gasteiger partial charge in [0.1, 0.15) is 0 Å². The number of carbonyl (C=O) groups excluding carboxylic acids is 4. The zero-order valence-electron chi connectivity index (χ0n) is 15.1. The van der Waals surface area contributed by atoms with Crippen molar-refractivity contribution in [3.8, 4) is 0 Å². The predicted molar refractivity (Wildman–Crippen MR) is 100.0 cm³/mol. The molecule has 0 spiro atoms. The van der Waals surface area contributed by atoms with Crippen LogP contribution in [0.3, 0.4) is 0 Å². The van der Waals surface area contributed by atoms with Gasteiger partial charge in [0.25, 0.3) is 0 Å². The largest absolute Gasteiger partial charge is 0.394 e. The van der Waals surface area contributed by atoms with Crippen molar-refractivity contribution in [3.63, 3.8) is 0 Å². The second-order valence-corrected chi connectivity index (χ2v) is 5.79. The van der Waals surface area contributed by atoms with E-state index in [4.69, 9.17) is 9.84 Å². The number of nitrogens with zero attached hydrogens (tertiary/aromatic N) is 2. The van der Waals surface area contributed by atoms with Crippen LogP contribution in [0.25, 0.3) is 0 Å². The highest BCUT2D eigenvalue weighted by molar-refractivity contribution is 6.22. The second kappa shape index (κ2) is 10.1. The molecule has 0 aliphatic heterocycles. The first-order valence-electron chi connectivity index (χ1n) is 8.32. The number of benzene rings is 2. The van der Waals surface area contributed by atoms with Gasteiger partial charge in [0.2, 0.25) is 29.3 Å². The van der Waals surface area contributed by atoms with Crippen molar-refractivity contribution in [2.75, 3.05) is 19.8 Å². The van der Waals surface area contributed by atoms with E-state index in [-0.39, 0.29) is 35.7 Å². The van der Waals surface area contributed by atoms with Gasteiger partial charge in [-0.05, 0) is 48.5 Å². The first-order chi connectivity index (χ1) is 14.0. The Labute approximate surface area is 165 Å². The average Bonchev–Trinajstić information content (AvgIpc) is 2.74. The van der Waals surface area contributed by atoms with Crippen LogP contribution in [0.5, 0.6) is 0 Å². The summed E-state index contributed by atoms with van der Waals surface area (Å²) in [5.41, 5.74) is -2.11. The van der Waals surface area contributed by atoms with Crippen molar-refractivity contribution in [1.29, 1.82) is 0 Å². The van der Waals surface area contributed by atoms with Gasteiger partial charge in [0, 0.05) is 11.1 Å². The fraction of sp³-hybridized carbons (Fsp3) is 0.200. The number of aliphatic hydroxyl groups excluding tert-OH is 1. The van der Waals surface area contributed by atoms with Crippen LogP contribution < -0.4 is 0 Å². The molecular weight excluding hydrogens is 380 g/mol. The van der Waals surface area contributed by atoms with Gasteiger partial charge < -0.3 is 14.9 Å². The van der Waals surface area contributed by atoms with Crippen LogP contribution in [-0.4, -0.2) is 59.4 Å². The lowest BCUT2D eigenvalue weighted by Gasteiger charge is -2.25. The minimum atomic E-state index is -2.57. The maximum absolute atomic E-state index is 12.9. The fourth-order valence-corrected chi connectivity index (χ4v) is 2.48. The minimum absolute atomic E-state index is 0.0135. The number of aliphatic hydroxyl groups is 2. The van der Waals surface area contributed by atoms with Crippen LogP contribution in [0.2, 0.25) is 0 Å². The maximum atomic E-state index is 12.9. The Balaban J connectivity index is 2.39. The molecule has 0 amide bonds. The van der Waals surface area contributed by atoms with Crippen LogP contribution in [0.15, 0.2) is 58.5 Å². The lowest BCUT2D eigenvalue weighted by atomic mass is 9.86. The zero-order chi connectivity index (χ0) is 21.3. The molecule has 0 radical (unpaired) electrons. The smallest absolute Gasteiger partial charge is 0.240 e. The highest BCUT2D eigenvalue weighted by Crippen LogP contribution is 2.23. The summed E-state index contributed by atoms with van der Waals surface area (Å²) >= 11 is 0. The molecule has 9 heteroatoms. The van der Waals surface area contributed by atoms with Gasteiger partial charge in [-0.25, -0.2) is 9.59 Å². The van der Waals surface area contributed by atoms with Crippen LogP contribution in [0, 0.1) is 0 Å². The molecule has 2 N–H and O–H groups in total. The van der Waals surface area contributed by atoms with Crippen molar-refractivity contribution in [2.45, 2.75) is 5.60 Å². The predicted octanol–water partition coefficient (Wildman–Crippen LogP) is 1.43. The Kier molecular flexibility index (Phi) is 7.56. The molecule has 2 aromatic rings. The standard InChI is InChI=1S/C20H16N2O7/c23-9-10-29-11-20(28,18(26)14-1-5-16(6-2-14)21-12-24)19(27)15-3-7-17(8-4-15)22-13-25/h1-8,23,28H,9-11H2. The Bertz CT molecular complexity index is 897. The van der Waals surface area contributed by atoms with Crippen LogP contribution >= 0.6 is 0 Å². The van der Waals surface area contributed by atoms with Crippen molar-refractivity contribution >= 4 is 35.1 Å². The SMILES string of the molecule is O=C=Nc1ccc(C(=O)C(O)(COCCO)C(=O)c2ccc(N=C=O)cc2)cc1. The molecule has 0 aromatic heterocycles. The molecule has 9 nitrogen and oxygen atoms in total. The highest BCUT2D eigenvalue weighted by atomic mass is 16.5. The monoisotopic (exact) mass is 396 g/mol. The summed E-state index contributed by atoms with van der Waals surface area (Å²) in [6.45, 7) is -1.24. The maximum Gasteiger partial charge on any atom is 0.240 e. The summed E-state index contributed by atoms with van der Waals surface area (Å²) in [5, 5.41) is 19.8. The number of isocyanates is 2. The molecule has 0 saturated carbocycles. The zero-order valence-corrected chi connectivity index (χ0v) is 15.1. The molecular formula is C20H16N2O7. The lowest BCUT2D eigenvalue weighted by molar-refractivity contribution is -0.0221. The van der Waals surface area contributed by atoms with Gasteiger partial charge in [0.05, 0.1) is 31.2 Å². The number of ether oxygens (including phenoxy) is 1. The van der Waals surface area contributed by atoms with Crippen molar-refractivity contribution < 1.29 is 34.1 Å². The van der Waals surface area contributed by atoms with Gasteiger partial charge in [-0.1, -0.05) is 0 Å². The highest BCUT2D eigenvalue weighted by Gasteiger charge is 2.45. The fourth-order valence-electron chi connectivity index (χ4n) is 2.48. The quantitative estimate of drug-likeness (QED) is 0.203. The number of hydrogen-bond donors (Lipinski definition) is 2. The Morgan fingerprint density at radius 2 is 1.28 bits per heavy atom. The number of carbonyl (C=O) groups is 2. The van der Waals surface area contributed by atoms with Crippen molar-refractivity contribution in [2.24, 2.45) is 9.98 Å². The Hall–Kier alpha value is -3.58. The van der Waals surface area contributed by atoms with Crippen LogP contribution in [0.1, 0.15) is 20.7 Å². The van der Waals surface area contributed by atoms with Crippen LogP contribution in [-0.2, 0) is 14.3 Å². The third-order valence-electron chi connectivity index (χ3n) is 3.91. The topological polar surface area (TPSA) is 143 Å². The number of aliphatic imine (C=N–C) groups is 2. The molecule has 0 bridgehead atoms. The van der Waals surface area contributed by atoms with Gasteiger partial charge >= 0.3 is 0 Å². The second-order valence-electron chi connectivity index (χ2n) is 5.79. The van der Waals surface area contributed by atoms with Gasteiger partial charge in [-0.3, -0.25) is 9.59 Å². The molecule has 0 atom stereocenters. The third kappa shape index (κ3) is 5.24. The van der Waals surface area contributed by atoms with E-state index in [9.17, 15) is 24.3 Å². The van der Waals surface area contributed by atoms with E-state index in [0.29, 0.717) is 0 Å². The Morgan fingerprint density at radius 3 is 1.62 bits per heavy atom. The Morgan fingerprint density at radius 1 is 0.862 bits per heavy atom. The molecule has 148 valence electrons. The van der Waals surface area contributed by atoms with E-state index in [1.165, 1.54) is 60.7 Å². The number of rotatable bonds is 10. The average molecular weight is 396 g/mol. The van der Waals surface area contributed by atoms with Gasteiger partial charge in [0.15, 0.2) is 0 Å². The van der Waals surface area contributed by atoms with Gasteiger partial charge in [-0.2, -0.15) is 9.98 Å².